The lowest BCUT2D eigenvalue weighted by atomic mass is 10.1. The molecule has 206 valence electrons. The summed E-state index contributed by atoms with van der Waals surface area (Å²) in [6.45, 7) is 4.01. The number of primary amides is 1. The van der Waals surface area contributed by atoms with Crippen LogP contribution in [0.2, 0.25) is 0 Å². The van der Waals surface area contributed by atoms with E-state index < -0.39 is 0 Å². The maximum absolute atomic E-state index is 10.8. The second-order valence-corrected chi connectivity index (χ2v) is 9.76. The summed E-state index contributed by atoms with van der Waals surface area (Å²) >= 11 is 0. The average Bonchev–Trinajstić information content (AvgIpc) is 3.63. The molecular formula is C31H33N5O4. The first-order valence-corrected chi connectivity index (χ1v) is 13.5. The predicted molar refractivity (Wildman–Crippen MR) is 150 cm³/mol. The van der Waals surface area contributed by atoms with Crippen LogP contribution in [0, 0.1) is 11.8 Å². The van der Waals surface area contributed by atoms with E-state index in [1.807, 2.05) is 72.3 Å². The highest BCUT2D eigenvalue weighted by Gasteiger charge is 2.21. The summed E-state index contributed by atoms with van der Waals surface area (Å²) in [5.41, 5.74) is 9.73. The Labute approximate surface area is 233 Å². The van der Waals surface area contributed by atoms with E-state index in [4.69, 9.17) is 19.7 Å². The van der Waals surface area contributed by atoms with E-state index in [0.29, 0.717) is 18.8 Å². The predicted octanol–water partition coefficient (Wildman–Crippen LogP) is 4.17. The van der Waals surface area contributed by atoms with Crippen molar-refractivity contribution >= 4 is 5.91 Å². The molecule has 1 fully saturated rings. The largest absolute Gasteiger partial charge is 0.369 e. The molecule has 1 aliphatic heterocycles. The van der Waals surface area contributed by atoms with Crippen LogP contribution >= 0.6 is 0 Å². The third-order valence-electron chi connectivity index (χ3n) is 6.60. The highest BCUT2D eigenvalue weighted by atomic mass is 16.7. The molecule has 5 rings (SSSR count). The monoisotopic (exact) mass is 539 g/mol. The molecule has 2 atom stereocenters. The summed E-state index contributed by atoms with van der Waals surface area (Å²) < 4.78 is 19.5. The van der Waals surface area contributed by atoms with Crippen LogP contribution < -0.4 is 11.1 Å². The summed E-state index contributed by atoms with van der Waals surface area (Å²) in [6, 6.07) is 17.7. The number of ether oxygens (including phenoxy) is 2. The van der Waals surface area contributed by atoms with Gasteiger partial charge in [-0.3, -0.25) is 4.79 Å². The fourth-order valence-corrected chi connectivity index (χ4v) is 4.51. The SMILES string of the molecule is C[C@H](OC1CCCCO1)c1nccn1Cc1cc(-c2ccc(C#Cc3ccc(CNCC(N)=O)cc3)cc2)on1. The molecule has 2 aromatic heterocycles. The first kappa shape index (κ1) is 27.3. The molecule has 1 aliphatic rings. The number of imidazole rings is 1. The van der Waals surface area contributed by atoms with E-state index in [1.54, 1.807) is 6.20 Å². The molecule has 1 amide bonds. The number of nitrogens with two attached hydrogens (primary N) is 1. The van der Waals surface area contributed by atoms with E-state index in [9.17, 15) is 4.79 Å². The minimum absolute atomic E-state index is 0.156. The van der Waals surface area contributed by atoms with Gasteiger partial charge in [0.05, 0.1) is 13.1 Å². The molecule has 3 heterocycles. The number of aromatic nitrogens is 3. The van der Waals surface area contributed by atoms with Crippen LogP contribution in [-0.4, -0.2) is 40.1 Å². The lowest BCUT2D eigenvalue weighted by molar-refractivity contribution is -0.188. The molecule has 9 nitrogen and oxygen atoms in total. The van der Waals surface area contributed by atoms with Crippen LogP contribution in [0.5, 0.6) is 0 Å². The van der Waals surface area contributed by atoms with Gasteiger partial charge in [0.25, 0.3) is 0 Å². The van der Waals surface area contributed by atoms with Gasteiger partial charge >= 0.3 is 0 Å². The maximum atomic E-state index is 10.8. The van der Waals surface area contributed by atoms with Gasteiger partial charge in [-0.25, -0.2) is 4.98 Å². The number of carbonyl (C=O) groups is 1. The van der Waals surface area contributed by atoms with Crippen molar-refractivity contribution in [3.63, 3.8) is 0 Å². The number of amides is 1. The van der Waals surface area contributed by atoms with Gasteiger partial charge < -0.3 is 29.6 Å². The zero-order valence-corrected chi connectivity index (χ0v) is 22.5. The molecular weight excluding hydrogens is 506 g/mol. The van der Waals surface area contributed by atoms with Crippen molar-refractivity contribution in [2.24, 2.45) is 5.73 Å². The highest BCUT2D eigenvalue weighted by Crippen LogP contribution is 2.25. The quantitative estimate of drug-likeness (QED) is 0.291. The molecule has 0 spiro atoms. The van der Waals surface area contributed by atoms with Crippen LogP contribution in [-0.2, 0) is 27.4 Å². The summed E-state index contributed by atoms with van der Waals surface area (Å²) in [5.74, 6) is 7.53. The summed E-state index contributed by atoms with van der Waals surface area (Å²) in [5, 5.41) is 7.27. The van der Waals surface area contributed by atoms with Crippen molar-refractivity contribution in [2.45, 2.75) is 51.7 Å². The number of rotatable bonds is 10. The molecule has 3 N–H and O–H groups in total. The minimum Gasteiger partial charge on any atom is -0.369 e. The van der Waals surface area contributed by atoms with Gasteiger partial charge in [0.2, 0.25) is 5.91 Å². The Morgan fingerprint density at radius 2 is 1.90 bits per heavy atom. The van der Waals surface area contributed by atoms with Crippen molar-refractivity contribution in [3.05, 3.63) is 95.2 Å². The summed E-state index contributed by atoms with van der Waals surface area (Å²) in [4.78, 5) is 15.3. The zero-order valence-electron chi connectivity index (χ0n) is 22.5. The topological polar surface area (TPSA) is 117 Å². The van der Waals surface area contributed by atoms with Gasteiger partial charge in [-0.15, -0.1) is 0 Å². The molecule has 0 saturated carbocycles. The van der Waals surface area contributed by atoms with Gasteiger partial charge in [0.15, 0.2) is 12.1 Å². The summed E-state index contributed by atoms with van der Waals surface area (Å²) in [6.07, 6.45) is 6.44. The number of hydrogen-bond donors (Lipinski definition) is 2. The third kappa shape index (κ3) is 7.45. The average molecular weight is 540 g/mol. The minimum atomic E-state index is -0.373. The Balaban J connectivity index is 1.17. The molecule has 1 saturated heterocycles. The van der Waals surface area contributed by atoms with Gasteiger partial charge in [0.1, 0.15) is 17.6 Å². The number of nitrogens with zero attached hydrogens (tertiary/aromatic N) is 3. The van der Waals surface area contributed by atoms with Gasteiger partial charge in [-0.05, 0) is 68.1 Å². The first-order chi connectivity index (χ1) is 19.5. The molecule has 1 unspecified atom stereocenters. The lowest BCUT2D eigenvalue weighted by Crippen LogP contribution is -2.28. The molecule has 0 bridgehead atoms. The Kier molecular flexibility index (Phi) is 9.04. The summed E-state index contributed by atoms with van der Waals surface area (Å²) in [7, 11) is 0. The molecule has 9 heteroatoms. The van der Waals surface area contributed by atoms with Crippen molar-refractivity contribution < 1.29 is 18.8 Å². The molecule has 4 aromatic rings. The number of carbonyl (C=O) groups excluding carboxylic acids is 1. The Hall–Kier alpha value is -4.23. The number of nitrogens with one attached hydrogen (secondary N) is 1. The van der Waals surface area contributed by atoms with E-state index in [-0.39, 0.29) is 24.8 Å². The maximum Gasteiger partial charge on any atom is 0.231 e. The van der Waals surface area contributed by atoms with Crippen molar-refractivity contribution in [1.82, 2.24) is 20.0 Å². The molecule has 0 aliphatic carbocycles. The van der Waals surface area contributed by atoms with Crippen LogP contribution in [0.4, 0.5) is 0 Å². The van der Waals surface area contributed by atoms with Gasteiger partial charge in [0, 0.05) is 48.3 Å². The van der Waals surface area contributed by atoms with Gasteiger partial charge in [-0.2, -0.15) is 0 Å². The Morgan fingerprint density at radius 3 is 2.60 bits per heavy atom. The Morgan fingerprint density at radius 1 is 1.15 bits per heavy atom. The van der Waals surface area contributed by atoms with Crippen LogP contribution in [0.3, 0.4) is 0 Å². The standard InChI is InChI=1S/C31H33N5O4/c1-22(39-30-4-2-3-17-38-30)31-34-15-16-36(31)21-27-18-28(40-35-27)26-13-11-24(12-14-26)6-5-23-7-9-25(10-8-23)19-33-20-29(32)37/h7-16,18,22,30,33H,2-4,17,19-21H2,1H3,(H2,32,37)/t22-,30?/m0/s1. The van der Waals surface area contributed by atoms with E-state index in [0.717, 1.165) is 59.6 Å². The highest BCUT2D eigenvalue weighted by molar-refractivity contribution is 5.75. The fourth-order valence-electron chi connectivity index (χ4n) is 4.51. The van der Waals surface area contributed by atoms with Crippen LogP contribution in [0.15, 0.2) is 71.5 Å². The molecule has 40 heavy (non-hydrogen) atoms. The second kappa shape index (κ2) is 13.2. The zero-order chi connectivity index (χ0) is 27.7. The second-order valence-electron chi connectivity index (χ2n) is 9.76. The van der Waals surface area contributed by atoms with E-state index in [1.165, 1.54) is 0 Å². The van der Waals surface area contributed by atoms with E-state index >= 15 is 0 Å². The third-order valence-corrected chi connectivity index (χ3v) is 6.60. The van der Waals surface area contributed by atoms with Crippen LogP contribution in [0.1, 0.15) is 60.5 Å². The molecule has 0 radical (unpaired) electrons. The Bertz CT molecular complexity index is 1460. The van der Waals surface area contributed by atoms with Crippen molar-refractivity contribution in [1.29, 1.82) is 0 Å². The normalized spacial score (nSPS) is 15.8. The van der Waals surface area contributed by atoms with E-state index in [2.05, 4.69) is 27.3 Å². The number of benzene rings is 2. The molecule has 2 aromatic carbocycles. The van der Waals surface area contributed by atoms with Crippen LogP contribution in [0.25, 0.3) is 11.3 Å². The number of hydrogen-bond acceptors (Lipinski definition) is 7. The van der Waals surface area contributed by atoms with Gasteiger partial charge in [-0.1, -0.05) is 29.1 Å². The lowest BCUT2D eigenvalue weighted by Gasteiger charge is -2.26. The first-order valence-electron chi connectivity index (χ1n) is 13.5. The van der Waals surface area contributed by atoms with Crippen molar-refractivity contribution in [2.75, 3.05) is 13.2 Å². The van der Waals surface area contributed by atoms with Crippen molar-refractivity contribution in [3.8, 4) is 23.2 Å². The smallest absolute Gasteiger partial charge is 0.231 e. The fraction of sp³-hybridized carbons (Fsp3) is 0.323.